The number of benzene rings is 2. The van der Waals surface area contributed by atoms with Crippen molar-refractivity contribution in [2.45, 2.75) is 91.9 Å². The van der Waals surface area contributed by atoms with E-state index >= 15 is 0 Å². The Balaban J connectivity index is 2.09. The number of carbonyl (C=O) groups excluding carboxylic acids is 1. The SMILES string of the molecule is CC(C)=C(c1ccc(/C(C)=C(\O)CCC=O)cc1)c1cc2c(cc1C)C(C)(C)CCC2(C)C. The molecule has 176 valence electrons. The molecular weight excluding hydrogens is 404 g/mol. The fourth-order valence-electron chi connectivity index (χ4n) is 5.14. The summed E-state index contributed by atoms with van der Waals surface area (Å²) in [4.78, 5) is 10.6. The molecule has 0 aromatic heterocycles. The zero-order chi connectivity index (χ0) is 24.6. The van der Waals surface area contributed by atoms with Crippen molar-refractivity contribution in [3.63, 3.8) is 0 Å². The van der Waals surface area contributed by atoms with Crippen molar-refractivity contribution in [2.24, 2.45) is 0 Å². The summed E-state index contributed by atoms with van der Waals surface area (Å²) in [5.74, 6) is 0.285. The molecule has 0 bridgehead atoms. The Morgan fingerprint density at radius 2 is 1.42 bits per heavy atom. The first-order valence-electron chi connectivity index (χ1n) is 12.2. The van der Waals surface area contributed by atoms with Gasteiger partial charge in [-0.3, -0.25) is 0 Å². The van der Waals surface area contributed by atoms with Gasteiger partial charge < -0.3 is 9.90 Å². The summed E-state index contributed by atoms with van der Waals surface area (Å²) in [5, 5.41) is 10.3. The first kappa shape index (κ1) is 25.0. The molecule has 2 aromatic rings. The average Bonchev–Trinajstić information content (AvgIpc) is 2.76. The molecule has 0 atom stereocenters. The molecule has 3 rings (SSSR count). The Labute approximate surface area is 200 Å². The van der Waals surface area contributed by atoms with Crippen LogP contribution >= 0.6 is 0 Å². The minimum atomic E-state index is 0.171. The van der Waals surface area contributed by atoms with E-state index in [0.29, 0.717) is 12.8 Å². The Kier molecular flexibility index (Phi) is 7.07. The number of aliphatic hydroxyl groups excluding tert-OH is 1. The molecule has 1 N–H and O–H groups in total. The van der Waals surface area contributed by atoms with Crippen molar-refractivity contribution in [2.75, 3.05) is 0 Å². The van der Waals surface area contributed by atoms with E-state index in [9.17, 15) is 9.90 Å². The molecule has 2 aromatic carbocycles. The maximum absolute atomic E-state index is 10.6. The zero-order valence-electron chi connectivity index (χ0n) is 21.7. The van der Waals surface area contributed by atoms with Gasteiger partial charge in [0.2, 0.25) is 0 Å². The van der Waals surface area contributed by atoms with Crippen molar-refractivity contribution in [3.05, 3.63) is 81.1 Å². The average molecular weight is 445 g/mol. The molecule has 0 spiro atoms. The van der Waals surface area contributed by atoms with Crippen LogP contribution in [0.3, 0.4) is 0 Å². The van der Waals surface area contributed by atoms with Crippen LogP contribution < -0.4 is 0 Å². The zero-order valence-corrected chi connectivity index (χ0v) is 21.7. The molecule has 0 heterocycles. The van der Waals surface area contributed by atoms with Crippen LogP contribution in [0.15, 0.2) is 47.7 Å². The lowest BCUT2D eigenvalue weighted by atomic mass is 9.62. The molecule has 0 fully saturated rings. The molecule has 1 aliphatic rings. The molecular formula is C31H40O2. The van der Waals surface area contributed by atoms with Crippen molar-refractivity contribution in [1.82, 2.24) is 0 Å². The largest absolute Gasteiger partial charge is 0.512 e. The van der Waals surface area contributed by atoms with Gasteiger partial charge in [0.05, 0.1) is 5.76 Å². The molecule has 0 saturated carbocycles. The Morgan fingerprint density at radius 3 is 1.94 bits per heavy atom. The summed E-state index contributed by atoms with van der Waals surface area (Å²) in [5.41, 5.74) is 11.6. The predicted octanol–water partition coefficient (Wildman–Crippen LogP) is 8.45. The topological polar surface area (TPSA) is 37.3 Å². The molecule has 1 aliphatic carbocycles. The minimum absolute atomic E-state index is 0.171. The van der Waals surface area contributed by atoms with Crippen LogP contribution in [0.2, 0.25) is 0 Å². The third-order valence-electron chi connectivity index (χ3n) is 7.51. The van der Waals surface area contributed by atoms with Gasteiger partial charge in [-0.25, -0.2) is 0 Å². The number of allylic oxidation sites excluding steroid dienone is 3. The van der Waals surface area contributed by atoms with Gasteiger partial charge in [0.15, 0.2) is 0 Å². The molecule has 0 amide bonds. The van der Waals surface area contributed by atoms with Crippen LogP contribution in [0.1, 0.15) is 108 Å². The van der Waals surface area contributed by atoms with Gasteiger partial charge in [-0.2, -0.15) is 0 Å². The van der Waals surface area contributed by atoms with Crippen molar-refractivity contribution < 1.29 is 9.90 Å². The highest BCUT2D eigenvalue weighted by atomic mass is 16.3. The normalized spacial score (nSPS) is 17.1. The number of carbonyl (C=O) groups is 1. The first-order chi connectivity index (χ1) is 15.4. The van der Waals surface area contributed by atoms with Crippen LogP contribution in [-0.4, -0.2) is 11.4 Å². The number of hydrogen-bond acceptors (Lipinski definition) is 2. The summed E-state index contributed by atoms with van der Waals surface area (Å²) < 4.78 is 0. The van der Waals surface area contributed by atoms with Gasteiger partial charge in [0.1, 0.15) is 6.29 Å². The van der Waals surface area contributed by atoms with Crippen LogP contribution in [-0.2, 0) is 15.6 Å². The summed E-state index contributed by atoms with van der Waals surface area (Å²) >= 11 is 0. The number of aliphatic hydroxyl groups is 1. The Bertz CT molecular complexity index is 1100. The van der Waals surface area contributed by atoms with Crippen molar-refractivity contribution in [1.29, 1.82) is 0 Å². The highest BCUT2D eigenvalue weighted by Gasteiger charge is 2.37. The monoisotopic (exact) mass is 444 g/mol. The van der Waals surface area contributed by atoms with Crippen LogP contribution in [0.5, 0.6) is 0 Å². The van der Waals surface area contributed by atoms with Gasteiger partial charge >= 0.3 is 0 Å². The second-order valence-electron chi connectivity index (χ2n) is 11.2. The second kappa shape index (κ2) is 9.33. The summed E-state index contributed by atoms with van der Waals surface area (Å²) in [6.45, 7) is 18.0. The standard InChI is InChI=1S/C31H40O2/c1-20(2)29(24-13-11-23(12-14-24)22(4)28(33)10-9-17-32)25-19-27-26(18-21(25)3)30(5,6)15-16-31(27,7)8/h11-14,17-19,33H,9-10,15-16H2,1-8H3/b28-22-. The van der Waals surface area contributed by atoms with Gasteiger partial charge in [-0.1, -0.05) is 69.7 Å². The van der Waals surface area contributed by atoms with E-state index in [4.69, 9.17) is 0 Å². The molecule has 2 heteroatoms. The Morgan fingerprint density at radius 1 is 0.909 bits per heavy atom. The predicted molar refractivity (Wildman–Crippen MR) is 141 cm³/mol. The van der Waals surface area contributed by atoms with E-state index in [1.54, 1.807) is 0 Å². The van der Waals surface area contributed by atoms with Crippen molar-refractivity contribution >= 4 is 17.4 Å². The number of aryl methyl sites for hydroxylation is 1. The fraction of sp³-hybridized carbons (Fsp3) is 0.452. The van der Waals surface area contributed by atoms with Gasteiger partial charge in [0.25, 0.3) is 0 Å². The molecule has 0 saturated heterocycles. The van der Waals surface area contributed by atoms with E-state index in [1.807, 2.05) is 6.92 Å². The molecule has 0 aliphatic heterocycles. The summed E-state index contributed by atoms with van der Waals surface area (Å²) in [7, 11) is 0. The van der Waals surface area contributed by atoms with E-state index in [-0.39, 0.29) is 16.6 Å². The molecule has 0 radical (unpaired) electrons. The lowest BCUT2D eigenvalue weighted by molar-refractivity contribution is -0.107. The maximum atomic E-state index is 10.6. The van der Waals surface area contributed by atoms with Gasteiger partial charge in [-0.15, -0.1) is 0 Å². The summed E-state index contributed by atoms with van der Waals surface area (Å²) in [6.07, 6.45) is 3.99. The van der Waals surface area contributed by atoms with E-state index < -0.39 is 0 Å². The second-order valence-corrected chi connectivity index (χ2v) is 11.2. The number of hydrogen-bond donors (Lipinski definition) is 1. The molecule has 2 nitrogen and oxygen atoms in total. The quantitative estimate of drug-likeness (QED) is 0.358. The lowest BCUT2D eigenvalue weighted by Crippen LogP contribution is -2.34. The van der Waals surface area contributed by atoms with Crippen LogP contribution in [0, 0.1) is 6.92 Å². The molecule has 33 heavy (non-hydrogen) atoms. The highest BCUT2D eigenvalue weighted by molar-refractivity contribution is 5.84. The van der Waals surface area contributed by atoms with Crippen LogP contribution in [0.25, 0.3) is 11.1 Å². The van der Waals surface area contributed by atoms with Crippen molar-refractivity contribution in [3.8, 4) is 0 Å². The first-order valence-corrected chi connectivity index (χ1v) is 12.2. The fourth-order valence-corrected chi connectivity index (χ4v) is 5.14. The summed E-state index contributed by atoms with van der Waals surface area (Å²) in [6, 6.07) is 13.3. The number of rotatable bonds is 6. The molecule has 0 unspecified atom stereocenters. The lowest BCUT2D eigenvalue weighted by Gasteiger charge is -2.42. The smallest absolute Gasteiger partial charge is 0.120 e. The van der Waals surface area contributed by atoms with Crippen LogP contribution in [0.4, 0.5) is 0 Å². The van der Waals surface area contributed by atoms with E-state index in [2.05, 4.69) is 84.9 Å². The third kappa shape index (κ3) is 5.00. The third-order valence-corrected chi connectivity index (χ3v) is 7.51. The number of fused-ring (bicyclic) bond motifs is 1. The van der Waals surface area contributed by atoms with Gasteiger partial charge in [0, 0.05) is 12.8 Å². The Hall–Kier alpha value is -2.61. The highest BCUT2D eigenvalue weighted by Crippen LogP contribution is 2.47. The maximum Gasteiger partial charge on any atom is 0.120 e. The number of aldehydes is 1. The van der Waals surface area contributed by atoms with Gasteiger partial charge in [-0.05, 0) is 95.9 Å². The van der Waals surface area contributed by atoms with E-state index in [0.717, 1.165) is 17.4 Å². The minimum Gasteiger partial charge on any atom is -0.512 e. The van der Waals surface area contributed by atoms with E-state index in [1.165, 1.54) is 51.8 Å².